The molecule has 0 fully saturated rings. The Morgan fingerprint density at radius 3 is 2.44 bits per heavy atom. The molecule has 18 heavy (non-hydrogen) atoms. The first-order valence-corrected chi connectivity index (χ1v) is 7.38. The minimum atomic E-state index is -0.332. The fraction of sp³-hybridized carbons (Fsp3) is 0.812. The van der Waals surface area contributed by atoms with E-state index in [-0.39, 0.29) is 12.9 Å². The van der Waals surface area contributed by atoms with E-state index in [1.165, 1.54) is 19.3 Å². The zero-order chi connectivity index (χ0) is 14.0. The number of allylic oxidation sites excluding steroid dienone is 1. The van der Waals surface area contributed by atoms with Crippen LogP contribution in [0.2, 0.25) is 0 Å². The van der Waals surface area contributed by atoms with Gasteiger partial charge in [0.05, 0.1) is 5.54 Å². The fourth-order valence-corrected chi connectivity index (χ4v) is 2.45. The highest BCUT2D eigenvalue weighted by molar-refractivity contribution is 5.89. The van der Waals surface area contributed by atoms with Gasteiger partial charge in [0.25, 0.3) is 0 Å². The van der Waals surface area contributed by atoms with Crippen LogP contribution in [0.4, 0.5) is 0 Å². The maximum atomic E-state index is 12.2. The van der Waals surface area contributed by atoms with E-state index in [0.29, 0.717) is 5.78 Å². The van der Waals surface area contributed by atoms with E-state index >= 15 is 0 Å². The van der Waals surface area contributed by atoms with Crippen LogP contribution < -0.4 is 5.32 Å². The molecule has 0 aliphatic rings. The number of ketones is 1. The van der Waals surface area contributed by atoms with Gasteiger partial charge in [0.2, 0.25) is 0 Å². The summed E-state index contributed by atoms with van der Waals surface area (Å²) < 4.78 is 0. The Morgan fingerprint density at radius 1 is 1.33 bits per heavy atom. The molecule has 2 nitrogen and oxygen atoms in total. The van der Waals surface area contributed by atoms with Crippen molar-refractivity contribution in [3.63, 3.8) is 0 Å². The van der Waals surface area contributed by atoms with Crippen LogP contribution >= 0.6 is 0 Å². The van der Waals surface area contributed by atoms with Crippen molar-refractivity contribution in [1.82, 2.24) is 5.32 Å². The van der Waals surface area contributed by atoms with Crippen molar-refractivity contribution in [3.05, 3.63) is 12.7 Å². The first kappa shape index (κ1) is 17.4. The Kier molecular flexibility index (Phi) is 8.99. The summed E-state index contributed by atoms with van der Waals surface area (Å²) in [5, 5.41) is 3.38. The zero-order valence-corrected chi connectivity index (χ0v) is 12.7. The molecular weight excluding hydrogens is 222 g/mol. The van der Waals surface area contributed by atoms with Crippen LogP contribution in [-0.2, 0) is 4.79 Å². The molecule has 0 bridgehead atoms. The van der Waals surface area contributed by atoms with Crippen LogP contribution in [0, 0.1) is 5.92 Å². The van der Waals surface area contributed by atoms with Gasteiger partial charge >= 0.3 is 0 Å². The molecule has 0 aromatic carbocycles. The van der Waals surface area contributed by atoms with Gasteiger partial charge < -0.3 is 5.32 Å². The largest absolute Gasteiger partial charge is 0.305 e. The Morgan fingerprint density at radius 2 is 1.94 bits per heavy atom. The summed E-state index contributed by atoms with van der Waals surface area (Å²) in [6.07, 6.45) is 8.83. The third-order valence-electron chi connectivity index (χ3n) is 3.47. The molecular formula is C16H33NO. The normalized spacial score (nSPS) is 14.5. The maximum absolute atomic E-state index is 12.2. The monoisotopic (exact) mass is 255 g/mol. The second kappa shape index (κ2) is 9.32. The number of likely N-dealkylation sites (N-methyl/N-ethyl adjacent to an activating group) is 1. The highest BCUT2D eigenvalue weighted by atomic mass is 16.1. The second-order valence-electron chi connectivity index (χ2n) is 5.62. The first-order valence-electron chi connectivity index (χ1n) is 7.38. The number of hydrogen-bond donors (Lipinski definition) is 1. The number of rotatable bonds is 11. The van der Waals surface area contributed by atoms with Crippen LogP contribution in [0.25, 0.3) is 0 Å². The lowest BCUT2D eigenvalue weighted by Gasteiger charge is -2.31. The number of Topliss-reactive ketones (excluding diaryl/α,β-unsaturated/α-hetero) is 1. The van der Waals surface area contributed by atoms with E-state index in [1.807, 2.05) is 19.9 Å². The number of unbranched alkanes of at least 4 members (excludes halogenated alkanes) is 4. The highest BCUT2D eigenvalue weighted by Gasteiger charge is 2.32. The van der Waals surface area contributed by atoms with E-state index in [2.05, 4.69) is 25.7 Å². The van der Waals surface area contributed by atoms with E-state index in [4.69, 9.17) is 0 Å². The quantitative estimate of drug-likeness (QED) is 0.439. The third kappa shape index (κ3) is 6.34. The SMILES string of the molecule is C=CCCCCCC[C@@](C)(NCC)C(=O)C(C)C.[HH]. The van der Waals surface area contributed by atoms with Crippen molar-refractivity contribution in [2.24, 2.45) is 5.92 Å². The van der Waals surface area contributed by atoms with Crippen LogP contribution in [0.3, 0.4) is 0 Å². The number of carbonyl (C=O) groups excluding carboxylic acids is 1. The fourth-order valence-electron chi connectivity index (χ4n) is 2.45. The predicted octanol–water partition coefficient (Wildman–Crippen LogP) is 4.35. The minimum Gasteiger partial charge on any atom is -0.305 e. The van der Waals surface area contributed by atoms with Gasteiger partial charge in [-0.1, -0.05) is 46.1 Å². The summed E-state index contributed by atoms with van der Waals surface area (Å²) in [7, 11) is 0. The lowest BCUT2D eigenvalue weighted by atomic mass is 9.84. The summed E-state index contributed by atoms with van der Waals surface area (Å²) >= 11 is 0. The van der Waals surface area contributed by atoms with Crippen molar-refractivity contribution >= 4 is 5.78 Å². The van der Waals surface area contributed by atoms with Gasteiger partial charge in [0.1, 0.15) is 0 Å². The molecule has 1 N–H and O–H groups in total. The molecule has 0 saturated heterocycles. The third-order valence-corrected chi connectivity index (χ3v) is 3.47. The maximum Gasteiger partial charge on any atom is 0.155 e. The van der Waals surface area contributed by atoms with Gasteiger partial charge in [0, 0.05) is 7.34 Å². The molecule has 108 valence electrons. The Hall–Kier alpha value is -0.630. The molecule has 0 aliphatic heterocycles. The molecule has 1 atom stereocenters. The summed E-state index contributed by atoms with van der Waals surface area (Å²) in [4.78, 5) is 12.2. The standard InChI is InChI=1S/C16H31NO.H2/c1-6-8-9-10-11-12-13-16(5,17-7-2)15(18)14(3)4;/h6,14,17H,1,7-13H2,2-5H3;1H/t16-;/m1./s1. The molecule has 0 radical (unpaired) electrons. The van der Waals surface area contributed by atoms with Crippen molar-refractivity contribution in [2.45, 2.75) is 71.8 Å². The molecule has 2 heteroatoms. The van der Waals surface area contributed by atoms with Crippen molar-refractivity contribution < 1.29 is 6.22 Å². The zero-order valence-electron chi connectivity index (χ0n) is 12.7. The smallest absolute Gasteiger partial charge is 0.155 e. The second-order valence-corrected chi connectivity index (χ2v) is 5.62. The van der Waals surface area contributed by atoms with Gasteiger partial charge in [0.15, 0.2) is 5.78 Å². The van der Waals surface area contributed by atoms with Gasteiger partial charge in [-0.15, -0.1) is 6.58 Å². The molecule has 0 heterocycles. The van der Waals surface area contributed by atoms with Crippen LogP contribution in [0.15, 0.2) is 12.7 Å². The Bertz CT molecular complexity index is 253. The number of carbonyl (C=O) groups is 1. The van der Waals surface area contributed by atoms with E-state index in [1.54, 1.807) is 0 Å². The van der Waals surface area contributed by atoms with Gasteiger partial charge in [-0.05, 0) is 32.7 Å². The average Bonchev–Trinajstić information content (AvgIpc) is 2.33. The Balaban J connectivity index is 0. The Labute approximate surface area is 115 Å². The summed E-state index contributed by atoms with van der Waals surface area (Å²) in [5.41, 5.74) is -0.332. The van der Waals surface area contributed by atoms with Gasteiger partial charge in [-0.25, -0.2) is 0 Å². The topological polar surface area (TPSA) is 29.1 Å². The number of nitrogens with one attached hydrogen (secondary N) is 1. The molecule has 0 aromatic heterocycles. The van der Waals surface area contributed by atoms with Crippen LogP contribution in [0.1, 0.15) is 67.6 Å². The lowest BCUT2D eigenvalue weighted by Crippen LogP contribution is -2.51. The van der Waals surface area contributed by atoms with E-state index in [0.717, 1.165) is 25.8 Å². The molecule has 0 unspecified atom stereocenters. The molecule has 0 saturated carbocycles. The van der Waals surface area contributed by atoms with Gasteiger partial charge in [-0.2, -0.15) is 0 Å². The molecule has 0 amide bonds. The molecule has 0 rings (SSSR count). The lowest BCUT2D eigenvalue weighted by molar-refractivity contribution is -0.128. The number of hydrogen-bond acceptors (Lipinski definition) is 2. The summed E-state index contributed by atoms with van der Waals surface area (Å²) in [5.74, 6) is 0.449. The first-order chi connectivity index (χ1) is 8.48. The molecule has 0 aromatic rings. The minimum absolute atomic E-state index is 0. The van der Waals surface area contributed by atoms with Gasteiger partial charge in [-0.3, -0.25) is 4.79 Å². The summed E-state index contributed by atoms with van der Waals surface area (Å²) in [6.45, 7) is 12.7. The summed E-state index contributed by atoms with van der Waals surface area (Å²) in [6, 6.07) is 0. The molecule has 0 aliphatic carbocycles. The van der Waals surface area contributed by atoms with E-state index < -0.39 is 0 Å². The van der Waals surface area contributed by atoms with E-state index in [9.17, 15) is 4.79 Å². The van der Waals surface area contributed by atoms with Crippen LogP contribution in [0.5, 0.6) is 0 Å². The van der Waals surface area contributed by atoms with Crippen molar-refractivity contribution in [2.75, 3.05) is 6.54 Å². The molecule has 0 spiro atoms. The van der Waals surface area contributed by atoms with Crippen molar-refractivity contribution in [1.29, 1.82) is 0 Å². The van der Waals surface area contributed by atoms with Crippen LogP contribution in [-0.4, -0.2) is 17.9 Å². The average molecular weight is 255 g/mol. The highest BCUT2D eigenvalue weighted by Crippen LogP contribution is 2.20. The van der Waals surface area contributed by atoms with Crippen molar-refractivity contribution in [3.8, 4) is 0 Å². The predicted molar refractivity (Wildman–Crippen MR) is 81.9 cm³/mol.